The molecule has 0 aliphatic heterocycles. The molecule has 0 radical (unpaired) electrons. The van der Waals surface area contributed by atoms with Crippen LogP contribution in [0.1, 0.15) is 30.7 Å². The average molecular weight is 381 g/mol. The van der Waals surface area contributed by atoms with Crippen LogP contribution >= 0.6 is 0 Å². The molecule has 1 aromatic heterocycles. The van der Waals surface area contributed by atoms with Crippen LogP contribution in [0.2, 0.25) is 0 Å². The molecule has 146 valence electrons. The topological polar surface area (TPSA) is 66.8 Å². The van der Waals surface area contributed by atoms with E-state index in [1.165, 1.54) is 6.92 Å². The van der Waals surface area contributed by atoms with Crippen LogP contribution in [0.4, 0.5) is 0 Å². The van der Waals surface area contributed by atoms with E-state index in [0.717, 1.165) is 22.2 Å². The van der Waals surface area contributed by atoms with Crippen LogP contribution in [-0.4, -0.2) is 23.1 Å². The fourth-order valence-corrected chi connectivity index (χ4v) is 3.30. The minimum atomic E-state index is -0.554. The maximum atomic E-state index is 12.2. The molecular weight excluding hydrogens is 358 g/mol. The third-order valence-corrected chi connectivity index (χ3v) is 4.50. The smallest absolute Gasteiger partial charge is 0.352 e. The molecule has 0 bridgehead atoms. The van der Waals surface area contributed by atoms with E-state index in [0.29, 0.717) is 24.3 Å². The molecule has 0 saturated heterocycles. The third-order valence-electron chi connectivity index (χ3n) is 4.50. The molecule has 0 aliphatic carbocycles. The molecular formula is C22H23NO5. The molecule has 6 heteroatoms. The molecule has 0 spiro atoms. The molecule has 0 fully saturated rings. The Balaban J connectivity index is 2.12. The number of carbonyl (C=O) groups is 2. The van der Waals surface area contributed by atoms with Crippen LogP contribution in [0.3, 0.4) is 0 Å². The van der Waals surface area contributed by atoms with Gasteiger partial charge in [-0.3, -0.25) is 14.6 Å². The van der Waals surface area contributed by atoms with Crippen molar-refractivity contribution in [3.8, 4) is 5.75 Å². The molecule has 0 N–H and O–H groups in total. The second kappa shape index (κ2) is 8.61. The first kappa shape index (κ1) is 19.5. The number of aromatic nitrogens is 1. The number of rotatable bonds is 7. The fraction of sp³-hybridized carbons (Fsp3) is 0.273. The summed E-state index contributed by atoms with van der Waals surface area (Å²) < 4.78 is 6.98. The first-order valence-electron chi connectivity index (χ1n) is 9.16. The highest BCUT2D eigenvalue weighted by Gasteiger charge is 2.21. The van der Waals surface area contributed by atoms with Gasteiger partial charge in [0.15, 0.2) is 0 Å². The Kier molecular flexibility index (Phi) is 5.99. The number of esters is 1. The SMILES string of the molecule is CCOC(=O)Cn1c(C)c(Cc2ccccc2)c2cccc(OOC(C)=O)c21. The van der Waals surface area contributed by atoms with Crippen LogP contribution in [0.25, 0.3) is 10.9 Å². The third kappa shape index (κ3) is 4.17. The zero-order valence-electron chi connectivity index (χ0n) is 16.2. The molecule has 0 saturated carbocycles. The van der Waals surface area contributed by atoms with Gasteiger partial charge in [0.2, 0.25) is 5.75 Å². The van der Waals surface area contributed by atoms with Crippen molar-refractivity contribution in [2.75, 3.05) is 6.61 Å². The van der Waals surface area contributed by atoms with E-state index in [1.54, 1.807) is 13.0 Å². The number of hydrogen-bond donors (Lipinski definition) is 0. The van der Waals surface area contributed by atoms with Crippen molar-refractivity contribution < 1.29 is 24.1 Å². The van der Waals surface area contributed by atoms with Crippen molar-refractivity contribution in [3.05, 3.63) is 65.4 Å². The monoisotopic (exact) mass is 381 g/mol. The van der Waals surface area contributed by atoms with Crippen molar-refractivity contribution in [3.63, 3.8) is 0 Å². The van der Waals surface area contributed by atoms with E-state index < -0.39 is 5.97 Å². The van der Waals surface area contributed by atoms with Crippen LogP contribution in [0, 0.1) is 6.92 Å². The lowest BCUT2D eigenvalue weighted by atomic mass is 10.0. The number of nitrogens with zero attached hydrogens (tertiary/aromatic N) is 1. The van der Waals surface area contributed by atoms with Gasteiger partial charge in [-0.05, 0) is 37.5 Å². The Morgan fingerprint density at radius 1 is 1.04 bits per heavy atom. The Labute approximate surface area is 163 Å². The second-order valence-corrected chi connectivity index (χ2v) is 6.43. The lowest BCUT2D eigenvalue weighted by Gasteiger charge is -2.10. The zero-order valence-corrected chi connectivity index (χ0v) is 16.2. The summed E-state index contributed by atoms with van der Waals surface area (Å²) in [5.41, 5.74) is 3.87. The van der Waals surface area contributed by atoms with Crippen LogP contribution < -0.4 is 4.89 Å². The Morgan fingerprint density at radius 2 is 1.79 bits per heavy atom. The molecule has 0 atom stereocenters. The normalized spacial score (nSPS) is 10.7. The Hall–Kier alpha value is -3.28. The Morgan fingerprint density at radius 3 is 2.46 bits per heavy atom. The highest BCUT2D eigenvalue weighted by atomic mass is 17.2. The molecule has 3 rings (SSSR count). The predicted molar refractivity (Wildman–Crippen MR) is 105 cm³/mol. The van der Waals surface area contributed by atoms with Gasteiger partial charge in [-0.1, -0.05) is 42.5 Å². The van der Waals surface area contributed by atoms with Crippen LogP contribution in [-0.2, 0) is 32.2 Å². The molecule has 2 aromatic carbocycles. The molecule has 0 amide bonds. The fourth-order valence-electron chi connectivity index (χ4n) is 3.30. The zero-order chi connectivity index (χ0) is 20.1. The van der Waals surface area contributed by atoms with Gasteiger partial charge >= 0.3 is 11.9 Å². The molecule has 0 aliphatic rings. The minimum Gasteiger partial charge on any atom is -0.465 e. The predicted octanol–water partition coefficient (Wildman–Crippen LogP) is 3.96. The van der Waals surface area contributed by atoms with Gasteiger partial charge < -0.3 is 9.30 Å². The number of benzene rings is 2. The van der Waals surface area contributed by atoms with Gasteiger partial charge in [-0.15, -0.1) is 0 Å². The average Bonchev–Trinajstić information content (AvgIpc) is 2.93. The van der Waals surface area contributed by atoms with Crippen LogP contribution in [0.15, 0.2) is 48.5 Å². The van der Waals surface area contributed by atoms with Crippen molar-refractivity contribution >= 4 is 22.8 Å². The second-order valence-electron chi connectivity index (χ2n) is 6.43. The molecule has 28 heavy (non-hydrogen) atoms. The van der Waals surface area contributed by atoms with Gasteiger partial charge in [-0.2, -0.15) is 0 Å². The summed E-state index contributed by atoms with van der Waals surface area (Å²) in [6.45, 7) is 5.36. The largest absolute Gasteiger partial charge is 0.465 e. The lowest BCUT2D eigenvalue weighted by molar-refractivity contribution is -0.210. The lowest BCUT2D eigenvalue weighted by Crippen LogP contribution is -2.15. The summed E-state index contributed by atoms with van der Waals surface area (Å²) in [6, 6.07) is 15.6. The van der Waals surface area contributed by atoms with Crippen molar-refractivity contribution in [1.82, 2.24) is 4.57 Å². The Bertz CT molecular complexity index is 991. The molecule has 0 unspecified atom stereocenters. The van der Waals surface area contributed by atoms with Gasteiger partial charge in [0.1, 0.15) is 6.54 Å². The van der Waals surface area contributed by atoms with Crippen LogP contribution in [0.5, 0.6) is 5.75 Å². The summed E-state index contributed by atoms with van der Waals surface area (Å²) in [6.07, 6.45) is 0.704. The summed E-state index contributed by atoms with van der Waals surface area (Å²) >= 11 is 0. The highest BCUT2D eigenvalue weighted by Crippen LogP contribution is 2.34. The van der Waals surface area contributed by atoms with Gasteiger partial charge in [0.05, 0.1) is 12.1 Å². The first-order chi connectivity index (χ1) is 13.5. The number of hydrogen-bond acceptors (Lipinski definition) is 5. The van der Waals surface area contributed by atoms with E-state index in [-0.39, 0.29) is 12.5 Å². The summed E-state index contributed by atoms with van der Waals surface area (Å²) in [5.74, 6) is -0.516. The van der Waals surface area contributed by atoms with Gasteiger partial charge in [0, 0.05) is 18.0 Å². The maximum Gasteiger partial charge on any atom is 0.352 e. The maximum absolute atomic E-state index is 12.2. The van der Waals surface area contributed by atoms with Crippen molar-refractivity contribution in [1.29, 1.82) is 0 Å². The van der Waals surface area contributed by atoms with Crippen molar-refractivity contribution in [2.45, 2.75) is 33.7 Å². The summed E-state index contributed by atoms with van der Waals surface area (Å²) in [7, 11) is 0. The van der Waals surface area contributed by atoms with E-state index in [1.807, 2.05) is 41.8 Å². The van der Waals surface area contributed by atoms with Crippen molar-refractivity contribution in [2.24, 2.45) is 0 Å². The number of ether oxygens (including phenoxy) is 1. The van der Waals surface area contributed by atoms with E-state index in [2.05, 4.69) is 12.1 Å². The summed E-state index contributed by atoms with van der Waals surface area (Å²) in [4.78, 5) is 33.4. The van der Waals surface area contributed by atoms with E-state index >= 15 is 0 Å². The summed E-state index contributed by atoms with van der Waals surface area (Å²) in [5, 5.41) is 0.940. The van der Waals surface area contributed by atoms with E-state index in [9.17, 15) is 9.59 Å². The van der Waals surface area contributed by atoms with Gasteiger partial charge in [0.25, 0.3) is 0 Å². The number of para-hydroxylation sites is 1. The van der Waals surface area contributed by atoms with E-state index in [4.69, 9.17) is 14.5 Å². The standard InChI is InChI=1S/C22H23NO5/c1-4-26-21(25)14-23-15(2)19(13-17-9-6-5-7-10-17)18-11-8-12-20(22(18)23)28-27-16(3)24/h5-12H,4,13-14H2,1-3H3. The first-order valence-corrected chi connectivity index (χ1v) is 9.16. The molecule has 6 nitrogen and oxygen atoms in total. The number of fused-ring (bicyclic) bond motifs is 1. The minimum absolute atomic E-state index is 0.0470. The van der Waals surface area contributed by atoms with Gasteiger partial charge in [-0.25, -0.2) is 4.79 Å². The molecule has 3 aromatic rings. The number of carbonyl (C=O) groups excluding carboxylic acids is 2. The quantitative estimate of drug-likeness (QED) is 0.352. The highest BCUT2D eigenvalue weighted by molar-refractivity contribution is 5.92. The molecule has 1 heterocycles.